The maximum atomic E-state index is 12.8. The van der Waals surface area contributed by atoms with Gasteiger partial charge in [-0.2, -0.15) is 0 Å². The van der Waals surface area contributed by atoms with Crippen LogP contribution in [-0.4, -0.2) is 49.6 Å². The first kappa shape index (κ1) is 15.6. The quantitative estimate of drug-likeness (QED) is 0.907. The lowest BCUT2D eigenvalue weighted by Gasteiger charge is -2.35. The molecule has 0 aromatic carbocycles. The summed E-state index contributed by atoms with van der Waals surface area (Å²) in [5, 5.41) is 2.65. The van der Waals surface area contributed by atoms with Crippen LogP contribution in [0.5, 0.6) is 0 Å². The van der Waals surface area contributed by atoms with Gasteiger partial charge >= 0.3 is 0 Å². The number of aryl methyl sites for hydroxylation is 2. The van der Waals surface area contributed by atoms with E-state index >= 15 is 0 Å². The maximum Gasteiger partial charge on any atom is 0.290 e. The summed E-state index contributed by atoms with van der Waals surface area (Å²) in [4.78, 5) is 26.7. The van der Waals surface area contributed by atoms with Crippen molar-refractivity contribution >= 4 is 11.8 Å². The number of likely N-dealkylation sites (N-methyl/N-ethyl adjacent to an activating group) is 1. The third kappa shape index (κ3) is 2.55. The zero-order valence-electron chi connectivity index (χ0n) is 13.0. The van der Waals surface area contributed by atoms with Gasteiger partial charge < -0.3 is 19.4 Å². The predicted octanol–water partition coefficient (Wildman–Crippen LogP) is 1.26. The van der Waals surface area contributed by atoms with Gasteiger partial charge in [-0.3, -0.25) is 9.59 Å². The van der Waals surface area contributed by atoms with E-state index < -0.39 is 5.54 Å². The summed E-state index contributed by atoms with van der Waals surface area (Å²) in [6.45, 7) is 4.33. The Labute approximate surface area is 124 Å². The SMILES string of the molecule is CNC(=O)C1(COC)CCCN1C(=O)c1oc(C)cc1C. The van der Waals surface area contributed by atoms with Gasteiger partial charge in [-0.05, 0) is 32.8 Å². The van der Waals surface area contributed by atoms with Crippen molar-refractivity contribution in [3.8, 4) is 0 Å². The van der Waals surface area contributed by atoms with Gasteiger partial charge in [-0.1, -0.05) is 0 Å². The van der Waals surface area contributed by atoms with E-state index in [1.165, 1.54) is 7.11 Å². The van der Waals surface area contributed by atoms with Gasteiger partial charge in [0.25, 0.3) is 5.91 Å². The smallest absolute Gasteiger partial charge is 0.290 e. The van der Waals surface area contributed by atoms with Crippen molar-refractivity contribution in [3.63, 3.8) is 0 Å². The fourth-order valence-electron chi connectivity index (χ4n) is 3.07. The second-order valence-corrected chi connectivity index (χ2v) is 5.47. The Hall–Kier alpha value is -1.82. The second-order valence-electron chi connectivity index (χ2n) is 5.47. The average Bonchev–Trinajstić information content (AvgIpc) is 3.02. The molecule has 2 rings (SSSR count). The zero-order valence-corrected chi connectivity index (χ0v) is 13.0. The second kappa shape index (κ2) is 5.89. The molecule has 6 nitrogen and oxygen atoms in total. The first-order chi connectivity index (χ1) is 9.96. The summed E-state index contributed by atoms with van der Waals surface area (Å²) < 4.78 is 10.7. The number of methoxy groups -OCH3 is 1. The summed E-state index contributed by atoms with van der Waals surface area (Å²) in [7, 11) is 3.11. The molecule has 1 fully saturated rings. The van der Waals surface area contributed by atoms with Crippen LogP contribution in [-0.2, 0) is 9.53 Å². The molecule has 116 valence electrons. The number of carbonyl (C=O) groups excluding carboxylic acids is 2. The molecule has 2 amide bonds. The molecular weight excluding hydrogens is 272 g/mol. The number of nitrogens with one attached hydrogen (secondary N) is 1. The highest BCUT2D eigenvalue weighted by atomic mass is 16.5. The number of nitrogens with zero attached hydrogens (tertiary/aromatic N) is 1. The van der Waals surface area contributed by atoms with Gasteiger partial charge in [-0.25, -0.2) is 0 Å². The van der Waals surface area contributed by atoms with E-state index in [1.807, 2.05) is 13.0 Å². The fraction of sp³-hybridized carbons (Fsp3) is 0.600. The van der Waals surface area contributed by atoms with Gasteiger partial charge in [-0.15, -0.1) is 0 Å². The van der Waals surface area contributed by atoms with E-state index in [4.69, 9.17) is 9.15 Å². The van der Waals surface area contributed by atoms with Gasteiger partial charge in [0.05, 0.1) is 6.61 Å². The first-order valence-electron chi connectivity index (χ1n) is 7.06. The normalized spacial score (nSPS) is 21.6. The van der Waals surface area contributed by atoms with Gasteiger partial charge in [0.15, 0.2) is 5.76 Å². The molecule has 0 bridgehead atoms. The number of rotatable bonds is 4. The average molecular weight is 294 g/mol. The highest BCUT2D eigenvalue weighted by Crippen LogP contribution is 2.32. The summed E-state index contributed by atoms with van der Waals surface area (Å²) in [6.07, 6.45) is 1.35. The number of hydrogen-bond acceptors (Lipinski definition) is 4. The Morgan fingerprint density at radius 2 is 2.19 bits per heavy atom. The lowest BCUT2D eigenvalue weighted by Crippen LogP contribution is -2.59. The van der Waals surface area contributed by atoms with Crippen LogP contribution in [0.2, 0.25) is 0 Å². The topological polar surface area (TPSA) is 71.8 Å². The van der Waals surface area contributed by atoms with Crippen LogP contribution >= 0.6 is 0 Å². The predicted molar refractivity (Wildman–Crippen MR) is 77.1 cm³/mol. The third-order valence-electron chi connectivity index (χ3n) is 4.00. The molecule has 1 aliphatic rings. The van der Waals surface area contributed by atoms with Gasteiger partial charge in [0.2, 0.25) is 5.91 Å². The van der Waals surface area contributed by atoms with Crippen molar-refractivity contribution in [2.24, 2.45) is 0 Å². The van der Waals surface area contributed by atoms with E-state index in [9.17, 15) is 9.59 Å². The van der Waals surface area contributed by atoms with Crippen molar-refractivity contribution in [3.05, 3.63) is 23.2 Å². The van der Waals surface area contributed by atoms with E-state index in [0.29, 0.717) is 24.5 Å². The van der Waals surface area contributed by atoms with Crippen molar-refractivity contribution in [1.29, 1.82) is 0 Å². The minimum absolute atomic E-state index is 0.178. The summed E-state index contributed by atoms with van der Waals surface area (Å²) >= 11 is 0. The van der Waals surface area contributed by atoms with E-state index in [-0.39, 0.29) is 18.4 Å². The minimum atomic E-state index is -0.951. The Balaban J connectivity index is 2.38. The number of carbonyl (C=O) groups is 2. The summed E-state index contributed by atoms with van der Waals surface area (Å²) in [5.41, 5.74) is -0.166. The van der Waals surface area contributed by atoms with Crippen molar-refractivity contribution in [2.75, 3.05) is 27.3 Å². The van der Waals surface area contributed by atoms with E-state index in [1.54, 1.807) is 18.9 Å². The van der Waals surface area contributed by atoms with Crippen LogP contribution in [0.4, 0.5) is 0 Å². The lowest BCUT2D eigenvalue weighted by molar-refractivity contribution is -0.133. The molecule has 2 heterocycles. The van der Waals surface area contributed by atoms with E-state index in [0.717, 1.165) is 12.0 Å². The molecule has 1 saturated heterocycles. The molecular formula is C15H22N2O4. The number of furan rings is 1. The molecule has 1 aromatic heterocycles. The van der Waals surface area contributed by atoms with Crippen LogP contribution in [0.15, 0.2) is 10.5 Å². The van der Waals surface area contributed by atoms with Crippen LogP contribution < -0.4 is 5.32 Å². The van der Waals surface area contributed by atoms with Crippen molar-refractivity contribution in [1.82, 2.24) is 10.2 Å². The Bertz CT molecular complexity index is 552. The standard InChI is InChI=1S/C15H22N2O4/c1-10-8-11(2)21-12(10)13(18)17-7-5-6-15(17,9-20-4)14(19)16-3/h8H,5-7,9H2,1-4H3,(H,16,19). The van der Waals surface area contributed by atoms with Crippen LogP contribution in [0.25, 0.3) is 0 Å². The molecule has 0 radical (unpaired) electrons. The molecule has 6 heteroatoms. The summed E-state index contributed by atoms with van der Waals surface area (Å²) in [6, 6.07) is 1.82. The van der Waals surface area contributed by atoms with Crippen LogP contribution in [0.1, 0.15) is 34.7 Å². The maximum absolute atomic E-state index is 12.8. The molecule has 21 heavy (non-hydrogen) atoms. The largest absolute Gasteiger partial charge is 0.456 e. The number of ether oxygens (including phenoxy) is 1. The van der Waals surface area contributed by atoms with E-state index in [2.05, 4.69) is 5.32 Å². The number of hydrogen-bond donors (Lipinski definition) is 1. The van der Waals surface area contributed by atoms with Gasteiger partial charge in [0.1, 0.15) is 11.3 Å². The molecule has 1 unspecified atom stereocenters. The minimum Gasteiger partial charge on any atom is -0.456 e. The lowest BCUT2D eigenvalue weighted by atomic mass is 9.95. The zero-order chi connectivity index (χ0) is 15.6. The molecule has 0 spiro atoms. The summed E-state index contributed by atoms with van der Waals surface area (Å²) in [5.74, 6) is 0.543. The number of likely N-dealkylation sites (tertiary alicyclic amines) is 1. The van der Waals surface area contributed by atoms with Crippen LogP contribution in [0, 0.1) is 13.8 Å². The highest BCUT2D eigenvalue weighted by Gasteiger charge is 2.50. The van der Waals surface area contributed by atoms with Crippen molar-refractivity contribution in [2.45, 2.75) is 32.2 Å². The number of amides is 2. The molecule has 1 aliphatic heterocycles. The van der Waals surface area contributed by atoms with Gasteiger partial charge in [0, 0.05) is 26.3 Å². The molecule has 1 N–H and O–H groups in total. The van der Waals surface area contributed by atoms with Crippen molar-refractivity contribution < 1.29 is 18.7 Å². The Kier molecular flexibility index (Phi) is 4.37. The van der Waals surface area contributed by atoms with Crippen LogP contribution in [0.3, 0.4) is 0 Å². The first-order valence-corrected chi connectivity index (χ1v) is 7.06. The highest BCUT2D eigenvalue weighted by molar-refractivity contribution is 5.99. The molecule has 0 saturated carbocycles. The molecule has 0 aliphatic carbocycles. The molecule has 1 aromatic rings. The Morgan fingerprint density at radius 1 is 1.48 bits per heavy atom. The molecule has 1 atom stereocenters. The third-order valence-corrected chi connectivity index (χ3v) is 4.00. The monoisotopic (exact) mass is 294 g/mol. The Morgan fingerprint density at radius 3 is 2.71 bits per heavy atom. The fourth-order valence-corrected chi connectivity index (χ4v) is 3.07.